The summed E-state index contributed by atoms with van der Waals surface area (Å²) in [6.45, 7) is 1.64. The van der Waals surface area contributed by atoms with Gasteiger partial charge in [0.05, 0.1) is 17.1 Å². The molecule has 0 bridgehead atoms. The van der Waals surface area contributed by atoms with Crippen molar-refractivity contribution >= 4 is 32.9 Å². The van der Waals surface area contributed by atoms with Crippen LogP contribution in [-0.2, 0) is 11.2 Å². The predicted molar refractivity (Wildman–Crippen MR) is 78.8 cm³/mol. The molecule has 0 fully saturated rings. The highest BCUT2D eigenvalue weighted by Crippen LogP contribution is 2.33. The van der Waals surface area contributed by atoms with E-state index >= 15 is 0 Å². The van der Waals surface area contributed by atoms with Gasteiger partial charge in [-0.3, -0.25) is 14.2 Å². The third kappa shape index (κ3) is 1.80. The zero-order chi connectivity index (χ0) is 14.4. The van der Waals surface area contributed by atoms with E-state index in [4.69, 9.17) is 0 Å². The largest absolute Gasteiger partial charge is 0.317 e. The molecule has 0 spiro atoms. The maximum atomic E-state index is 12.2. The minimum Gasteiger partial charge on any atom is -0.316 e. The molecule has 0 aliphatic carbocycles. The lowest BCUT2D eigenvalue weighted by Crippen LogP contribution is -2.40. The summed E-state index contributed by atoms with van der Waals surface area (Å²) >= 11 is 3.40. The zero-order valence-electron chi connectivity index (χ0n) is 10.7. The maximum Gasteiger partial charge on any atom is 0.317 e. The molecule has 1 N–H and O–H groups in total. The standard InChI is InChI=1S/C14H11BrN2O3/c1-7(6-18)11-3-2-8-4-9(15)5-10-12(8)17(11)14(20)13(19)16-10/h4-5,11H,2-3H2,1H3,(H,16,19). The number of H-pyrrole nitrogens is 1. The molecule has 1 aliphatic rings. The van der Waals surface area contributed by atoms with Gasteiger partial charge in [0, 0.05) is 10.0 Å². The Morgan fingerprint density at radius 2 is 2.20 bits per heavy atom. The van der Waals surface area contributed by atoms with Gasteiger partial charge in [0.1, 0.15) is 5.94 Å². The van der Waals surface area contributed by atoms with Crippen LogP contribution < -0.4 is 11.1 Å². The smallest absolute Gasteiger partial charge is 0.316 e. The van der Waals surface area contributed by atoms with Gasteiger partial charge in [-0.25, -0.2) is 4.79 Å². The summed E-state index contributed by atoms with van der Waals surface area (Å²) in [7, 11) is 0. The van der Waals surface area contributed by atoms with Crippen molar-refractivity contribution < 1.29 is 4.79 Å². The first kappa shape index (κ1) is 13.1. The Bertz CT molecular complexity index is 888. The fourth-order valence-electron chi connectivity index (χ4n) is 2.81. The molecule has 0 saturated carbocycles. The van der Waals surface area contributed by atoms with Crippen LogP contribution in [0.5, 0.6) is 0 Å². The second-order valence-electron chi connectivity index (χ2n) is 4.93. The van der Waals surface area contributed by atoms with E-state index in [1.54, 1.807) is 13.0 Å². The van der Waals surface area contributed by atoms with Crippen LogP contribution in [0.2, 0.25) is 0 Å². The fourth-order valence-corrected chi connectivity index (χ4v) is 3.31. The highest BCUT2D eigenvalue weighted by atomic mass is 79.9. The maximum absolute atomic E-state index is 12.2. The van der Waals surface area contributed by atoms with Crippen LogP contribution in [0.25, 0.3) is 11.0 Å². The SMILES string of the molecule is CC(=C=O)C1CCc2cc(Br)cc3[nH]c(=O)c(=O)n1c23. The number of hydrogen-bond donors (Lipinski definition) is 1. The van der Waals surface area contributed by atoms with Crippen LogP contribution in [0.3, 0.4) is 0 Å². The average molecular weight is 335 g/mol. The number of halogens is 1. The van der Waals surface area contributed by atoms with E-state index in [0.717, 1.165) is 16.5 Å². The normalized spacial score (nSPS) is 17.0. The second-order valence-corrected chi connectivity index (χ2v) is 5.85. The first-order valence-corrected chi connectivity index (χ1v) is 7.00. The Balaban J connectivity index is 2.52. The quantitative estimate of drug-likeness (QED) is 0.637. The van der Waals surface area contributed by atoms with Gasteiger partial charge >= 0.3 is 11.1 Å². The Morgan fingerprint density at radius 3 is 2.90 bits per heavy atom. The van der Waals surface area contributed by atoms with Crippen molar-refractivity contribution in [2.45, 2.75) is 25.8 Å². The van der Waals surface area contributed by atoms with E-state index in [2.05, 4.69) is 20.9 Å². The molecular formula is C14H11BrN2O3. The minimum absolute atomic E-state index is 0.390. The summed E-state index contributed by atoms with van der Waals surface area (Å²) in [6, 6.07) is 3.31. The number of aromatic nitrogens is 2. The van der Waals surface area contributed by atoms with Crippen molar-refractivity contribution in [1.29, 1.82) is 0 Å². The number of carbonyl (C=O) groups excluding carboxylic acids is 1. The minimum atomic E-state index is -0.674. The zero-order valence-corrected chi connectivity index (χ0v) is 12.3. The van der Waals surface area contributed by atoms with E-state index in [9.17, 15) is 14.4 Å². The first-order chi connectivity index (χ1) is 9.52. The van der Waals surface area contributed by atoms with Gasteiger partial charge < -0.3 is 4.98 Å². The lowest BCUT2D eigenvalue weighted by atomic mass is 9.94. The summed E-state index contributed by atoms with van der Waals surface area (Å²) in [5.74, 6) is 1.85. The Labute approximate surface area is 122 Å². The van der Waals surface area contributed by atoms with Crippen molar-refractivity contribution in [2.24, 2.45) is 0 Å². The fraction of sp³-hybridized carbons (Fsp3) is 0.286. The van der Waals surface area contributed by atoms with Gasteiger partial charge in [0.2, 0.25) is 0 Å². The van der Waals surface area contributed by atoms with Crippen LogP contribution in [0.1, 0.15) is 24.9 Å². The highest BCUT2D eigenvalue weighted by molar-refractivity contribution is 9.10. The molecule has 1 aromatic carbocycles. The van der Waals surface area contributed by atoms with Crippen LogP contribution in [-0.4, -0.2) is 15.5 Å². The topological polar surface area (TPSA) is 71.9 Å². The van der Waals surface area contributed by atoms with Gasteiger partial charge in [-0.1, -0.05) is 15.9 Å². The monoisotopic (exact) mass is 334 g/mol. The number of rotatable bonds is 1. The van der Waals surface area contributed by atoms with Crippen LogP contribution in [0.15, 0.2) is 31.8 Å². The van der Waals surface area contributed by atoms with Crippen molar-refractivity contribution in [3.05, 3.63) is 48.4 Å². The van der Waals surface area contributed by atoms with Crippen molar-refractivity contribution in [3.63, 3.8) is 0 Å². The number of hydrogen-bond acceptors (Lipinski definition) is 3. The van der Waals surface area contributed by atoms with Crippen LogP contribution >= 0.6 is 15.9 Å². The van der Waals surface area contributed by atoms with E-state index in [0.29, 0.717) is 23.0 Å². The molecule has 1 atom stereocenters. The van der Waals surface area contributed by atoms with Gasteiger partial charge in [-0.15, -0.1) is 0 Å². The van der Waals surface area contributed by atoms with E-state index in [-0.39, 0.29) is 0 Å². The Kier molecular flexibility index (Phi) is 3.00. The molecule has 20 heavy (non-hydrogen) atoms. The average Bonchev–Trinajstić information content (AvgIpc) is 2.43. The predicted octanol–water partition coefficient (Wildman–Crippen LogP) is 1.72. The molecule has 102 valence electrons. The van der Waals surface area contributed by atoms with Gasteiger partial charge in [-0.2, -0.15) is 0 Å². The first-order valence-electron chi connectivity index (χ1n) is 6.21. The van der Waals surface area contributed by atoms with E-state index < -0.39 is 17.2 Å². The number of aromatic amines is 1. The van der Waals surface area contributed by atoms with Crippen molar-refractivity contribution in [3.8, 4) is 0 Å². The summed E-state index contributed by atoms with van der Waals surface area (Å²) < 4.78 is 2.28. The third-order valence-electron chi connectivity index (χ3n) is 3.72. The van der Waals surface area contributed by atoms with E-state index in [1.807, 2.05) is 12.0 Å². The molecule has 2 heterocycles. The molecule has 1 aliphatic heterocycles. The summed E-state index contributed by atoms with van der Waals surface area (Å²) in [5, 5.41) is 0. The molecule has 2 aromatic rings. The number of aryl methyl sites for hydroxylation is 1. The van der Waals surface area contributed by atoms with Gasteiger partial charge in [-0.05, 0) is 37.5 Å². The summed E-state index contributed by atoms with van der Waals surface area (Å²) in [4.78, 5) is 37.5. The Morgan fingerprint density at radius 1 is 1.45 bits per heavy atom. The molecule has 1 aromatic heterocycles. The number of nitrogens with one attached hydrogen (secondary N) is 1. The molecule has 0 saturated heterocycles. The molecule has 5 nitrogen and oxygen atoms in total. The van der Waals surface area contributed by atoms with Crippen molar-refractivity contribution in [2.75, 3.05) is 0 Å². The lowest BCUT2D eigenvalue weighted by Gasteiger charge is -2.27. The van der Waals surface area contributed by atoms with Gasteiger partial charge in [0.15, 0.2) is 0 Å². The molecule has 6 heteroatoms. The summed E-state index contributed by atoms with van der Waals surface area (Å²) in [6.07, 6.45) is 1.36. The number of nitrogens with zero attached hydrogens (tertiary/aromatic N) is 1. The molecule has 3 rings (SSSR count). The van der Waals surface area contributed by atoms with Crippen molar-refractivity contribution in [1.82, 2.24) is 9.55 Å². The lowest BCUT2D eigenvalue weighted by molar-refractivity contribution is 0.502. The van der Waals surface area contributed by atoms with Crippen LogP contribution in [0.4, 0.5) is 0 Å². The third-order valence-corrected chi connectivity index (χ3v) is 4.17. The second kappa shape index (κ2) is 4.58. The van der Waals surface area contributed by atoms with Gasteiger partial charge in [0.25, 0.3) is 0 Å². The summed E-state index contributed by atoms with van der Waals surface area (Å²) in [5.41, 5.74) is 1.42. The molecule has 1 unspecified atom stereocenters. The molecule has 0 amide bonds. The Hall–Kier alpha value is -1.91. The molecular weight excluding hydrogens is 324 g/mol. The highest BCUT2D eigenvalue weighted by Gasteiger charge is 2.26. The van der Waals surface area contributed by atoms with Crippen LogP contribution in [0, 0.1) is 0 Å². The van der Waals surface area contributed by atoms with E-state index in [1.165, 1.54) is 4.57 Å². The molecule has 0 radical (unpaired) electrons. The number of benzene rings is 1. The number of allylic oxidation sites excluding steroid dienone is 1.